The first-order chi connectivity index (χ1) is 16.5. The second-order valence-electron chi connectivity index (χ2n) is 8.56. The van der Waals surface area contributed by atoms with Crippen LogP contribution in [0.1, 0.15) is 29.2 Å². The Morgan fingerprint density at radius 2 is 1.65 bits per heavy atom. The van der Waals surface area contributed by atoms with Crippen LogP contribution in [0.25, 0.3) is 0 Å². The van der Waals surface area contributed by atoms with E-state index < -0.39 is 11.6 Å². The van der Waals surface area contributed by atoms with Gasteiger partial charge in [-0.1, -0.05) is 60.7 Å². The topological polar surface area (TPSA) is 71.4 Å². The highest BCUT2D eigenvalue weighted by Crippen LogP contribution is 2.43. The van der Waals surface area contributed by atoms with Gasteiger partial charge in [-0.15, -0.1) is 0 Å². The minimum atomic E-state index is -1.14. The summed E-state index contributed by atoms with van der Waals surface area (Å²) < 4.78 is 12.1. The largest absolute Gasteiger partial charge is 0.494 e. The van der Waals surface area contributed by atoms with E-state index in [1.807, 2.05) is 84.9 Å². The van der Waals surface area contributed by atoms with Crippen LogP contribution < -0.4 is 4.74 Å². The number of nitrogens with zero attached hydrogens (tertiary/aromatic N) is 2. The summed E-state index contributed by atoms with van der Waals surface area (Å²) in [5.41, 5.74) is 1.55. The Morgan fingerprint density at radius 1 is 1.00 bits per heavy atom. The van der Waals surface area contributed by atoms with Gasteiger partial charge in [0.1, 0.15) is 5.75 Å². The number of likely N-dealkylation sites (N-methyl/N-ethyl adjacent to an activating group) is 1. The summed E-state index contributed by atoms with van der Waals surface area (Å²) in [6.07, 6.45) is 0.417. The summed E-state index contributed by atoms with van der Waals surface area (Å²) in [4.78, 5) is 20.3. The first-order valence-corrected chi connectivity index (χ1v) is 11.4. The van der Waals surface area contributed by atoms with Gasteiger partial charge in [0.25, 0.3) is 5.91 Å². The van der Waals surface area contributed by atoms with Crippen molar-refractivity contribution in [2.75, 3.05) is 27.3 Å². The van der Waals surface area contributed by atoms with Gasteiger partial charge < -0.3 is 19.5 Å². The maximum Gasteiger partial charge on any atom is 0.254 e. The summed E-state index contributed by atoms with van der Waals surface area (Å²) in [5, 5.41) is 8.95. The van der Waals surface area contributed by atoms with Gasteiger partial charge in [0.05, 0.1) is 6.61 Å². The van der Waals surface area contributed by atoms with Crippen LogP contribution in [0.2, 0.25) is 0 Å². The molecule has 0 saturated heterocycles. The molecular formula is C28H30N2O4. The SMILES string of the molecule is CN(C)C(=O)[C@]1(Cc2ccccc2)N=C(c2ccc(OCCCO)cc2)O[C@@H]1c1ccccc1. The van der Waals surface area contributed by atoms with Gasteiger partial charge in [0.15, 0.2) is 11.6 Å². The summed E-state index contributed by atoms with van der Waals surface area (Å²) in [7, 11) is 3.51. The van der Waals surface area contributed by atoms with Crippen LogP contribution in [0.4, 0.5) is 0 Å². The minimum absolute atomic E-state index is 0.0903. The minimum Gasteiger partial charge on any atom is -0.494 e. The van der Waals surface area contributed by atoms with Crippen molar-refractivity contribution in [1.82, 2.24) is 4.90 Å². The Kier molecular flexibility index (Phi) is 7.28. The number of benzene rings is 3. The molecule has 3 aromatic rings. The average molecular weight is 459 g/mol. The molecule has 34 heavy (non-hydrogen) atoms. The van der Waals surface area contributed by atoms with Crippen molar-refractivity contribution in [3.05, 3.63) is 102 Å². The first-order valence-electron chi connectivity index (χ1n) is 11.4. The van der Waals surface area contributed by atoms with Crippen molar-refractivity contribution in [2.45, 2.75) is 24.5 Å². The Bertz CT molecular complexity index is 1110. The van der Waals surface area contributed by atoms with Crippen LogP contribution in [0.15, 0.2) is 89.9 Å². The molecule has 4 rings (SSSR count). The fraction of sp³-hybridized carbons (Fsp3) is 0.286. The van der Waals surface area contributed by atoms with E-state index in [9.17, 15) is 4.79 Å². The third-order valence-electron chi connectivity index (χ3n) is 5.83. The molecular weight excluding hydrogens is 428 g/mol. The lowest BCUT2D eigenvalue weighted by Gasteiger charge is -2.33. The molecule has 176 valence electrons. The molecule has 1 heterocycles. The molecule has 1 aliphatic rings. The van der Waals surface area contributed by atoms with Crippen LogP contribution in [0.5, 0.6) is 5.75 Å². The molecule has 6 nitrogen and oxygen atoms in total. The van der Waals surface area contributed by atoms with Crippen molar-refractivity contribution >= 4 is 11.8 Å². The fourth-order valence-corrected chi connectivity index (χ4v) is 4.19. The number of carbonyl (C=O) groups is 1. The Hall–Kier alpha value is -3.64. The number of carbonyl (C=O) groups excluding carboxylic acids is 1. The van der Waals surface area contributed by atoms with Gasteiger partial charge in [-0.3, -0.25) is 4.79 Å². The van der Waals surface area contributed by atoms with E-state index >= 15 is 0 Å². The molecule has 0 bridgehead atoms. The number of hydrogen-bond donors (Lipinski definition) is 1. The normalized spacial score (nSPS) is 19.3. The van der Waals surface area contributed by atoms with Crippen LogP contribution in [0, 0.1) is 0 Å². The second kappa shape index (κ2) is 10.5. The Morgan fingerprint density at radius 3 is 2.26 bits per heavy atom. The number of rotatable bonds is 9. The fourth-order valence-electron chi connectivity index (χ4n) is 4.19. The van der Waals surface area contributed by atoms with Crippen molar-refractivity contribution in [3.63, 3.8) is 0 Å². The van der Waals surface area contributed by atoms with Crippen LogP contribution in [0.3, 0.4) is 0 Å². The predicted octanol–water partition coefficient (Wildman–Crippen LogP) is 4.04. The molecule has 0 saturated carbocycles. The van der Waals surface area contributed by atoms with Gasteiger partial charge in [0.2, 0.25) is 5.90 Å². The number of hydrogen-bond acceptors (Lipinski definition) is 5. The maximum absolute atomic E-state index is 13.7. The highest BCUT2D eigenvalue weighted by atomic mass is 16.5. The molecule has 1 N–H and O–H groups in total. The summed E-state index contributed by atoms with van der Waals surface area (Å²) in [5.74, 6) is 1.03. The van der Waals surface area contributed by atoms with E-state index in [2.05, 4.69) is 0 Å². The van der Waals surface area contributed by atoms with Crippen molar-refractivity contribution in [1.29, 1.82) is 0 Å². The van der Waals surface area contributed by atoms with E-state index in [0.29, 0.717) is 31.1 Å². The van der Waals surface area contributed by atoms with E-state index in [0.717, 1.165) is 16.7 Å². The van der Waals surface area contributed by atoms with Gasteiger partial charge in [0, 0.05) is 39.1 Å². The molecule has 1 amide bonds. The zero-order valence-electron chi connectivity index (χ0n) is 19.6. The van der Waals surface area contributed by atoms with Gasteiger partial charge >= 0.3 is 0 Å². The quantitative estimate of drug-likeness (QED) is 0.492. The lowest BCUT2D eigenvalue weighted by Crippen LogP contribution is -2.49. The molecule has 3 aromatic carbocycles. The summed E-state index contributed by atoms with van der Waals surface area (Å²) >= 11 is 0. The van der Waals surface area contributed by atoms with Crippen molar-refractivity contribution < 1.29 is 19.4 Å². The highest BCUT2D eigenvalue weighted by molar-refractivity contribution is 6.01. The van der Waals surface area contributed by atoms with E-state index in [-0.39, 0.29) is 12.5 Å². The van der Waals surface area contributed by atoms with Gasteiger partial charge in [-0.2, -0.15) is 0 Å². The molecule has 0 unspecified atom stereocenters. The number of aliphatic imine (C=N–C) groups is 1. The van der Waals surface area contributed by atoms with Gasteiger partial charge in [-0.05, 0) is 35.4 Å². The molecule has 0 aliphatic carbocycles. The molecule has 0 spiro atoms. The molecule has 1 aliphatic heterocycles. The van der Waals surface area contributed by atoms with E-state index in [1.54, 1.807) is 19.0 Å². The van der Waals surface area contributed by atoms with E-state index in [1.165, 1.54) is 0 Å². The molecule has 6 heteroatoms. The third kappa shape index (κ3) is 4.97. The average Bonchev–Trinajstić information content (AvgIpc) is 3.25. The zero-order valence-corrected chi connectivity index (χ0v) is 19.6. The Labute approximate surface area is 200 Å². The van der Waals surface area contributed by atoms with E-state index in [4.69, 9.17) is 19.6 Å². The third-order valence-corrected chi connectivity index (χ3v) is 5.83. The molecule has 0 aromatic heterocycles. The number of aliphatic hydroxyl groups is 1. The lowest BCUT2D eigenvalue weighted by atomic mass is 9.81. The second-order valence-corrected chi connectivity index (χ2v) is 8.56. The Balaban J connectivity index is 1.75. The van der Waals surface area contributed by atoms with Crippen LogP contribution in [-0.2, 0) is 16.0 Å². The zero-order chi connectivity index (χ0) is 24.0. The van der Waals surface area contributed by atoms with Crippen LogP contribution >= 0.6 is 0 Å². The lowest BCUT2D eigenvalue weighted by molar-refractivity contribution is -0.137. The summed E-state index contributed by atoms with van der Waals surface area (Å²) in [6.45, 7) is 0.536. The summed E-state index contributed by atoms with van der Waals surface area (Å²) in [6, 6.07) is 27.2. The van der Waals surface area contributed by atoms with Crippen molar-refractivity contribution in [3.8, 4) is 5.75 Å². The molecule has 0 radical (unpaired) electrons. The first kappa shape index (κ1) is 23.5. The predicted molar refractivity (Wildman–Crippen MR) is 132 cm³/mol. The monoisotopic (exact) mass is 458 g/mol. The standard InChI is InChI=1S/C28H30N2O4/c1-30(2)27(32)28(20-21-10-5-3-6-11-21)25(22-12-7-4-8-13-22)34-26(29-28)23-14-16-24(17-15-23)33-19-9-18-31/h3-8,10-17,25,31H,9,18-20H2,1-2H3/t25-,28-/m1/s1. The highest BCUT2D eigenvalue weighted by Gasteiger charge is 2.53. The smallest absolute Gasteiger partial charge is 0.254 e. The number of amides is 1. The number of aliphatic hydroxyl groups excluding tert-OH is 1. The van der Waals surface area contributed by atoms with Gasteiger partial charge in [-0.25, -0.2) is 4.99 Å². The molecule has 0 fully saturated rings. The number of ether oxygens (including phenoxy) is 2. The molecule has 2 atom stereocenters. The van der Waals surface area contributed by atoms with Crippen molar-refractivity contribution in [2.24, 2.45) is 4.99 Å². The maximum atomic E-state index is 13.7. The van der Waals surface area contributed by atoms with Crippen LogP contribution in [-0.4, -0.2) is 54.7 Å².